The van der Waals surface area contributed by atoms with Gasteiger partial charge in [0.2, 0.25) is 0 Å². The van der Waals surface area contributed by atoms with Crippen LogP contribution < -0.4 is 10.6 Å². The molecule has 5 atom stereocenters. The number of hydrogen-bond donors (Lipinski definition) is 4. The molecule has 0 radical (unpaired) electrons. The molecule has 2 bridgehead atoms. The maximum atomic E-state index is 13.7. The predicted octanol–water partition coefficient (Wildman–Crippen LogP) is 4.40. The van der Waals surface area contributed by atoms with Gasteiger partial charge in [-0.1, -0.05) is 25.4 Å². The molecule has 40 heavy (non-hydrogen) atoms. The number of anilines is 1. The smallest absolute Gasteiger partial charge is 0.320 e. The second-order valence-electron chi connectivity index (χ2n) is 10.9. The van der Waals surface area contributed by atoms with Crippen LogP contribution in [-0.4, -0.2) is 53.9 Å². The molecular weight excluding hydrogens is 573 g/mol. The lowest BCUT2D eigenvalue weighted by Gasteiger charge is -2.43. The average molecular weight is 603 g/mol. The van der Waals surface area contributed by atoms with Crippen LogP contribution in [0.2, 0.25) is 5.02 Å². The minimum Gasteiger partial charge on any atom is -0.480 e. The monoisotopic (exact) mass is 602 g/mol. The number of rotatable bonds is 9. The fourth-order valence-electron chi connectivity index (χ4n) is 5.91. The molecule has 1 amide bonds. The Hall–Kier alpha value is -2.67. The van der Waals surface area contributed by atoms with Gasteiger partial charge in [-0.25, -0.2) is 21.6 Å². The van der Waals surface area contributed by atoms with E-state index in [1.807, 2.05) is 0 Å². The van der Waals surface area contributed by atoms with E-state index in [2.05, 4.69) is 10.6 Å². The molecule has 2 fully saturated rings. The molecule has 0 heterocycles. The van der Waals surface area contributed by atoms with Gasteiger partial charge in [0, 0.05) is 29.9 Å². The predicted molar refractivity (Wildman–Crippen MR) is 141 cm³/mol. The zero-order valence-corrected chi connectivity index (χ0v) is 23.3. The minimum absolute atomic E-state index is 0.0191. The third kappa shape index (κ3) is 5.72. The second kappa shape index (κ2) is 11.3. The number of fused-ring (bicyclic) bond motifs is 2. The van der Waals surface area contributed by atoms with Crippen molar-refractivity contribution in [1.82, 2.24) is 5.32 Å². The quantitative estimate of drug-likeness (QED) is 0.313. The summed E-state index contributed by atoms with van der Waals surface area (Å²) in [5, 5.41) is 25.1. The number of aliphatic hydroxyl groups is 1. The van der Waals surface area contributed by atoms with Crippen molar-refractivity contribution >= 4 is 39.0 Å². The molecule has 218 valence electrons. The minimum atomic E-state index is -4.08. The van der Waals surface area contributed by atoms with Crippen LogP contribution in [0.15, 0.2) is 35.2 Å². The molecule has 2 aromatic carbocycles. The SMILES string of the molecule is CC(C)[C@H](NCC1(O)C2CC[C@H]1CC(S(=O)(=O)c1cc(C(=O)Nc3cc(F)c(F)c(F)c3)ccc1Cl)C2)C(=O)O. The third-order valence-corrected chi connectivity index (χ3v) is 10.7. The van der Waals surface area contributed by atoms with Gasteiger partial charge in [0.05, 0.1) is 20.8 Å². The summed E-state index contributed by atoms with van der Waals surface area (Å²) in [5.74, 6) is -7.62. The molecule has 13 heteroatoms. The molecule has 8 nitrogen and oxygen atoms in total. The number of sulfone groups is 1. The lowest BCUT2D eigenvalue weighted by molar-refractivity contribution is -0.141. The first-order valence-corrected chi connectivity index (χ1v) is 14.8. The van der Waals surface area contributed by atoms with E-state index in [-0.39, 0.29) is 46.5 Å². The summed E-state index contributed by atoms with van der Waals surface area (Å²) >= 11 is 6.25. The lowest BCUT2D eigenvalue weighted by atomic mass is 9.74. The van der Waals surface area contributed by atoms with E-state index in [0.29, 0.717) is 25.0 Å². The Labute approximate surface area is 234 Å². The van der Waals surface area contributed by atoms with Gasteiger partial charge in [0.15, 0.2) is 27.3 Å². The maximum Gasteiger partial charge on any atom is 0.320 e. The summed E-state index contributed by atoms with van der Waals surface area (Å²) in [5.41, 5.74) is -1.78. The topological polar surface area (TPSA) is 133 Å². The Bertz CT molecular complexity index is 1400. The first-order valence-electron chi connectivity index (χ1n) is 12.8. The Morgan fingerprint density at radius 2 is 1.65 bits per heavy atom. The summed E-state index contributed by atoms with van der Waals surface area (Å²) in [6.45, 7) is 3.52. The van der Waals surface area contributed by atoms with E-state index < -0.39 is 67.9 Å². The number of carboxylic acid groups (broad SMARTS) is 1. The number of halogens is 4. The number of carbonyl (C=O) groups is 2. The van der Waals surface area contributed by atoms with E-state index in [1.54, 1.807) is 13.8 Å². The van der Waals surface area contributed by atoms with Crippen molar-refractivity contribution in [2.24, 2.45) is 17.8 Å². The number of amides is 1. The Morgan fingerprint density at radius 1 is 1.07 bits per heavy atom. The molecule has 0 aliphatic heterocycles. The van der Waals surface area contributed by atoms with Gasteiger partial charge in [0.1, 0.15) is 6.04 Å². The van der Waals surface area contributed by atoms with E-state index >= 15 is 0 Å². The molecule has 2 aromatic rings. The number of hydrogen-bond acceptors (Lipinski definition) is 6. The van der Waals surface area contributed by atoms with Crippen LogP contribution >= 0.6 is 11.6 Å². The molecule has 0 spiro atoms. The molecule has 2 saturated carbocycles. The molecule has 0 aromatic heterocycles. The van der Waals surface area contributed by atoms with Gasteiger partial charge in [-0.3, -0.25) is 9.59 Å². The highest BCUT2D eigenvalue weighted by Gasteiger charge is 2.55. The van der Waals surface area contributed by atoms with Crippen LogP contribution in [0.1, 0.15) is 49.9 Å². The summed E-state index contributed by atoms with van der Waals surface area (Å²) in [6, 6.07) is 3.88. The maximum absolute atomic E-state index is 13.7. The normalized spacial score (nSPS) is 25.1. The molecule has 4 rings (SSSR count). The van der Waals surface area contributed by atoms with E-state index in [4.69, 9.17) is 11.6 Å². The van der Waals surface area contributed by atoms with Crippen molar-refractivity contribution in [3.05, 3.63) is 58.4 Å². The summed E-state index contributed by atoms with van der Waals surface area (Å²) in [6.07, 6.45) is 1.40. The summed E-state index contributed by atoms with van der Waals surface area (Å²) < 4.78 is 67.7. The number of nitrogens with one attached hydrogen (secondary N) is 2. The van der Waals surface area contributed by atoms with Gasteiger partial charge >= 0.3 is 5.97 Å². The van der Waals surface area contributed by atoms with Crippen molar-refractivity contribution < 1.29 is 41.4 Å². The number of carboxylic acids is 1. The number of benzene rings is 2. The molecule has 2 aliphatic carbocycles. The van der Waals surface area contributed by atoms with Crippen LogP contribution in [0.25, 0.3) is 0 Å². The lowest BCUT2D eigenvalue weighted by Crippen LogP contribution is -2.57. The largest absolute Gasteiger partial charge is 0.480 e. The highest BCUT2D eigenvalue weighted by Crippen LogP contribution is 2.52. The Morgan fingerprint density at radius 3 is 2.17 bits per heavy atom. The third-order valence-electron chi connectivity index (χ3n) is 8.09. The van der Waals surface area contributed by atoms with Crippen LogP contribution in [0, 0.1) is 35.2 Å². The van der Waals surface area contributed by atoms with Crippen molar-refractivity contribution in [1.29, 1.82) is 0 Å². The van der Waals surface area contributed by atoms with Gasteiger partial charge in [-0.05, 0) is 61.6 Å². The number of carbonyl (C=O) groups excluding carboxylic acids is 1. The van der Waals surface area contributed by atoms with Gasteiger partial charge < -0.3 is 20.8 Å². The van der Waals surface area contributed by atoms with Crippen LogP contribution in [-0.2, 0) is 14.6 Å². The molecule has 3 unspecified atom stereocenters. The van der Waals surface area contributed by atoms with E-state index in [0.717, 1.165) is 6.07 Å². The van der Waals surface area contributed by atoms with Crippen molar-refractivity contribution in [2.75, 3.05) is 11.9 Å². The molecule has 0 saturated heterocycles. The fourth-order valence-corrected chi connectivity index (χ4v) is 8.31. The highest BCUT2D eigenvalue weighted by molar-refractivity contribution is 7.92. The van der Waals surface area contributed by atoms with E-state index in [1.165, 1.54) is 12.1 Å². The Balaban J connectivity index is 1.53. The molecule has 2 aliphatic rings. The van der Waals surface area contributed by atoms with Gasteiger partial charge in [-0.2, -0.15) is 0 Å². The zero-order valence-electron chi connectivity index (χ0n) is 21.8. The molecule has 4 N–H and O–H groups in total. The average Bonchev–Trinajstić information content (AvgIpc) is 3.03. The van der Waals surface area contributed by atoms with Gasteiger partial charge in [-0.15, -0.1) is 0 Å². The summed E-state index contributed by atoms with van der Waals surface area (Å²) in [7, 11) is -4.08. The second-order valence-corrected chi connectivity index (χ2v) is 13.5. The standard InChI is InChI=1S/C27H30ClF3N2O6S/c1-13(2)24(26(35)36)32-12-27(37)15-4-5-16(27)9-18(8-15)40(38,39)22-7-14(3-6-19(22)28)25(34)33-17-10-20(29)23(31)21(30)11-17/h3,6-7,10-11,13,15-16,18,24,32,37H,4-5,8-9,12H2,1-2H3,(H,33,34)(H,35,36)/t15-,16?,18?,24-,27?/m0/s1. The first-order chi connectivity index (χ1) is 18.6. The van der Waals surface area contributed by atoms with Crippen LogP contribution in [0.3, 0.4) is 0 Å². The van der Waals surface area contributed by atoms with Crippen molar-refractivity contribution in [2.45, 2.75) is 61.3 Å². The van der Waals surface area contributed by atoms with Gasteiger partial charge in [0.25, 0.3) is 5.91 Å². The Kier molecular flexibility index (Phi) is 8.56. The summed E-state index contributed by atoms with van der Waals surface area (Å²) in [4.78, 5) is 24.0. The highest BCUT2D eigenvalue weighted by atomic mass is 35.5. The number of aliphatic carboxylic acids is 1. The van der Waals surface area contributed by atoms with Crippen LogP contribution in [0.5, 0.6) is 0 Å². The molecular formula is C27H30ClF3N2O6S. The van der Waals surface area contributed by atoms with Crippen LogP contribution in [0.4, 0.5) is 18.9 Å². The zero-order chi connectivity index (χ0) is 29.6. The fraction of sp³-hybridized carbons (Fsp3) is 0.481. The van der Waals surface area contributed by atoms with E-state index in [9.17, 15) is 41.4 Å². The van der Waals surface area contributed by atoms with Crippen molar-refractivity contribution in [3.8, 4) is 0 Å². The first kappa shape index (κ1) is 30.3. The van der Waals surface area contributed by atoms with Crippen molar-refractivity contribution in [3.63, 3.8) is 0 Å².